The second kappa shape index (κ2) is 5.38. The van der Waals surface area contributed by atoms with Crippen LogP contribution in [-0.4, -0.2) is 68.0 Å². The molecule has 1 amide bonds. The Bertz CT molecular complexity index is 435. The first-order valence-electron chi connectivity index (χ1n) is 6.80. The predicted octanol–water partition coefficient (Wildman–Crippen LogP) is -0.381. The number of rotatable bonds is 3. The zero-order chi connectivity index (χ0) is 14.2. The number of hydrogen-bond donors (Lipinski definition) is 1. The summed E-state index contributed by atoms with van der Waals surface area (Å²) in [5, 5.41) is 2.27. The minimum Gasteiger partial charge on any atom is -0.348 e. The molecular formula is C12H23N3O3S. The maximum absolute atomic E-state index is 12.7. The molecule has 0 saturated carbocycles. The molecule has 2 heterocycles. The molecule has 2 bridgehead atoms. The standard InChI is InChI=1S/C12H23N3O3S/c1-9(12(16)14(2)3)19(17,18)15-10-4-5-11(15)8-13-7-6-10/h9-11,13H,4-8H2,1-3H3. The van der Waals surface area contributed by atoms with Crippen molar-refractivity contribution in [2.45, 2.75) is 43.5 Å². The Morgan fingerprint density at radius 2 is 1.89 bits per heavy atom. The summed E-state index contributed by atoms with van der Waals surface area (Å²) in [7, 11) is -0.383. The summed E-state index contributed by atoms with van der Waals surface area (Å²) < 4.78 is 27.0. The maximum Gasteiger partial charge on any atom is 0.241 e. The quantitative estimate of drug-likeness (QED) is 0.769. The number of carbonyl (C=O) groups excluding carboxylic acids is 1. The molecule has 6 nitrogen and oxygen atoms in total. The third-order valence-electron chi connectivity index (χ3n) is 4.12. The Balaban J connectivity index is 2.26. The number of hydrogen-bond acceptors (Lipinski definition) is 4. The predicted molar refractivity (Wildman–Crippen MR) is 73.2 cm³/mol. The van der Waals surface area contributed by atoms with Gasteiger partial charge in [-0.1, -0.05) is 0 Å². The van der Waals surface area contributed by atoms with Gasteiger partial charge in [0.05, 0.1) is 0 Å². The van der Waals surface area contributed by atoms with Crippen LogP contribution in [0, 0.1) is 0 Å². The van der Waals surface area contributed by atoms with Gasteiger partial charge in [-0.05, 0) is 32.7 Å². The summed E-state index contributed by atoms with van der Waals surface area (Å²) in [5.41, 5.74) is 0. The van der Waals surface area contributed by atoms with Crippen LogP contribution in [0.4, 0.5) is 0 Å². The van der Waals surface area contributed by atoms with E-state index in [2.05, 4.69) is 5.32 Å². The van der Waals surface area contributed by atoms with Crippen molar-refractivity contribution < 1.29 is 13.2 Å². The first-order valence-corrected chi connectivity index (χ1v) is 8.30. The van der Waals surface area contributed by atoms with Crippen molar-refractivity contribution in [2.75, 3.05) is 27.2 Å². The molecule has 2 aliphatic rings. The fourth-order valence-corrected chi connectivity index (χ4v) is 5.08. The van der Waals surface area contributed by atoms with E-state index in [1.807, 2.05) is 0 Å². The van der Waals surface area contributed by atoms with Crippen molar-refractivity contribution in [1.82, 2.24) is 14.5 Å². The van der Waals surface area contributed by atoms with E-state index in [9.17, 15) is 13.2 Å². The zero-order valence-electron chi connectivity index (χ0n) is 11.8. The van der Waals surface area contributed by atoms with Crippen LogP contribution in [0.2, 0.25) is 0 Å². The second-order valence-corrected chi connectivity index (χ2v) is 7.79. The normalized spacial score (nSPS) is 29.8. The fourth-order valence-electron chi connectivity index (χ4n) is 3.03. The van der Waals surface area contributed by atoms with Crippen molar-refractivity contribution in [3.63, 3.8) is 0 Å². The molecule has 19 heavy (non-hydrogen) atoms. The van der Waals surface area contributed by atoms with Crippen LogP contribution in [0.5, 0.6) is 0 Å². The first kappa shape index (κ1) is 14.7. The molecule has 0 spiro atoms. The SMILES string of the molecule is CC(C(=O)N(C)C)S(=O)(=O)N1C2CCNCC1CC2. The Hall–Kier alpha value is -0.660. The topological polar surface area (TPSA) is 69.7 Å². The van der Waals surface area contributed by atoms with Gasteiger partial charge >= 0.3 is 0 Å². The van der Waals surface area contributed by atoms with Gasteiger partial charge in [0, 0.05) is 32.7 Å². The van der Waals surface area contributed by atoms with Crippen LogP contribution in [0.3, 0.4) is 0 Å². The lowest BCUT2D eigenvalue weighted by molar-refractivity contribution is -0.128. The van der Waals surface area contributed by atoms with Gasteiger partial charge in [0.15, 0.2) is 5.25 Å². The minimum atomic E-state index is -3.56. The third kappa shape index (κ3) is 2.64. The molecule has 0 aromatic rings. The van der Waals surface area contributed by atoms with Crippen LogP contribution < -0.4 is 5.32 Å². The highest BCUT2D eigenvalue weighted by Gasteiger charge is 2.46. The molecule has 0 aromatic carbocycles. The van der Waals surface area contributed by atoms with E-state index < -0.39 is 15.3 Å². The molecule has 0 aliphatic carbocycles. The second-order valence-electron chi connectivity index (χ2n) is 5.63. The molecule has 3 atom stereocenters. The van der Waals surface area contributed by atoms with Gasteiger partial charge in [-0.25, -0.2) is 8.42 Å². The van der Waals surface area contributed by atoms with Crippen molar-refractivity contribution in [3.05, 3.63) is 0 Å². The molecule has 7 heteroatoms. The number of nitrogens with one attached hydrogen (secondary N) is 1. The largest absolute Gasteiger partial charge is 0.348 e. The Kier molecular flexibility index (Phi) is 4.17. The lowest BCUT2D eigenvalue weighted by Gasteiger charge is -2.30. The summed E-state index contributed by atoms with van der Waals surface area (Å²) in [6.45, 7) is 3.04. The maximum atomic E-state index is 12.7. The molecule has 1 N–H and O–H groups in total. The Morgan fingerprint density at radius 3 is 2.53 bits per heavy atom. The summed E-state index contributed by atoms with van der Waals surface area (Å²) in [6, 6.07) is 0.0670. The van der Waals surface area contributed by atoms with Crippen LogP contribution in [0.1, 0.15) is 26.2 Å². The Morgan fingerprint density at radius 1 is 1.26 bits per heavy atom. The zero-order valence-corrected chi connectivity index (χ0v) is 12.6. The van der Waals surface area contributed by atoms with Gasteiger partial charge in [-0.2, -0.15) is 4.31 Å². The molecule has 2 fully saturated rings. The highest BCUT2D eigenvalue weighted by Crippen LogP contribution is 2.32. The highest BCUT2D eigenvalue weighted by atomic mass is 32.2. The van der Waals surface area contributed by atoms with Gasteiger partial charge < -0.3 is 10.2 Å². The van der Waals surface area contributed by atoms with E-state index in [1.165, 1.54) is 11.8 Å². The van der Waals surface area contributed by atoms with Gasteiger partial charge in [0.2, 0.25) is 15.9 Å². The number of fused-ring (bicyclic) bond motifs is 2. The van der Waals surface area contributed by atoms with Crippen LogP contribution >= 0.6 is 0 Å². The lowest BCUT2D eigenvalue weighted by Crippen LogP contribution is -2.50. The molecule has 3 unspecified atom stereocenters. The van der Waals surface area contributed by atoms with Crippen LogP contribution in [-0.2, 0) is 14.8 Å². The van der Waals surface area contributed by atoms with Crippen molar-refractivity contribution in [3.8, 4) is 0 Å². The summed E-state index contributed by atoms with van der Waals surface area (Å²) in [5.74, 6) is -0.350. The Labute approximate surface area is 115 Å². The third-order valence-corrected chi connectivity index (χ3v) is 6.40. The summed E-state index contributed by atoms with van der Waals surface area (Å²) in [4.78, 5) is 13.3. The summed E-state index contributed by atoms with van der Waals surface area (Å²) >= 11 is 0. The number of nitrogens with zero attached hydrogens (tertiary/aromatic N) is 2. The van der Waals surface area contributed by atoms with E-state index in [1.54, 1.807) is 18.4 Å². The van der Waals surface area contributed by atoms with Crippen molar-refractivity contribution in [2.24, 2.45) is 0 Å². The molecule has 0 radical (unpaired) electrons. The van der Waals surface area contributed by atoms with Crippen molar-refractivity contribution in [1.29, 1.82) is 0 Å². The minimum absolute atomic E-state index is 0.00918. The summed E-state index contributed by atoms with van der Waals surface area (Å²) in [6.07, 6.45) is 2.63. The van der Waals surface area contributed by atoms with Gasteiger partial charge in [0.25, 0.3) is 0 Å². The first-order chi connectivity index (χ1) is 8.85. The van der Waals surface area contributed by atoms with Gasteiger partial charge in [0.1, 0.15) is 0 Å². The molecular weight excluding hydrogens is 266 g/mol. The van der Waals surface area contributed by atoms with E-state index in [0.29, 0.717) is 6.54 Å². The average Bonchev–Trinajstić information content (AvgIpc) is 2.61. The van der Waals surface area contributed by atoms with E-state index in [4.69, 9.17) is 0 Å². The molecule has 0 aromatic heterocycles. The van der Waals surface area contributed by atoms with Crippen LogP contribution in [0.15, 0.2) is 0 Å². The lowest BCUT2D eigenvalue weighted by atomic mass is 10.1. The molecule has 2 saturated heterocycles. The van der Waals surface area contributed by atoms with Crippen molar-refractivity contribution >= 4 is 15.9 Å². The van der Waals surface area contributed by atoms with E-state index in [-0.39, 0.29) is 18.0 Å². The molecule has 110 valence electrons. The van der Waals surface area contributed by atoms with Gasteiger partial charge in [-0.3, -0.25) is 4.79 Å². The van der Waals surface area contributed by atoms with Crippen LogP contribution in [0.25, 0.3) is 0 Å². The number of amides is 1. The molecule has 2 rings (SSSR count). The molecule has 2 aliphatic heterocycles. The fraction of sp³-hybridized carbons (Fsp3) is 0.917. The van der Waals surface area contributed by atoms with E-state index in [0.717, 1.165) is 25.8 Å². The van der Waals surface area contributed by atoms with Gasteiger partial charge in [-0.15, -0.1) is 0 Å². The number of sulfonamides is 1. The smallest absolute Gasteiger partial charge is 0.241 e. The highest BCUT2D eigenvalue weighted by molar-refractivity contribution is 7.90. The number of carbonyl (C=O) groups is 1. The monoisotopic (exact) mass is 289 g/mol. The van der Waals surface area contributed by atoms with E-state index >= 15 is 0 Å². The average molecular weight is 289 g/mol.